The smallest absolute Gasteiger partial charge is 0.322 e. The van der Waals surface area contributed by atoms with Gasteiger partial charge in [-0.1, -0.05) is 6.08 Å². The number of hydrogen-bond donors (Lipinski definition) is 5. The topological polar surface area (TPSA) is 141 Å². The normalized spacial score (nSPS) is 27.2. The number of carbonyl (C=O) groups is 2. The molecule has 144 valence electrons. The summed E-state index contributed by atoms with van der Waals surface area (Å²) in [6, 6.07) is 1.16. The average Bonchev–Trinajstić information content (AvgIpc) is 2.93. The second-order valence-electron chi connectivity index (χ2n) is 6.68. The minimum Gasteiger partial charge on any atom is -0.503 e. The molecule has 10 nitrogen and oxygen atoms in total. The Morgan fingerprint density at radius 3 is 2.89 bits per heavy atom. The molecule has 0 spiro atoms. The Morgan fingerprint density at radius 2 is 2.22 bits per heavy atom. The third kappa shape index (κ3) is 3.23. The van der Waals surface area contributed by atoms with E-state index >= 15 is 0 Å². The van der Waals surface area contributed by atoms with Crippen molar-refractivity contribution in [1.29, 1.82) is 5.26 Å². The number of aliphatic hydroxyl groups excluding tert-OH is 2. The number of rotatable bonds is 4. The number of nitrogens with zero attached hydrogens (tertiary/aromatic N) is 3. The fourth-order valence-electron chi connectivity index (χ4n) is 3.73. The van der Waals surface area contributed by atoms with E-state index < -0.39 is 18.1 Å². The Hall–Kier alpha value is -3.35. The van der Waals surface area contributed by atoms with Crippen LogP contribution in [0.4, 0.5) is 4.79 Å². The van der Waals surface area contributed by atoms with E-state index in [1.807, 2.05) is 6.07 Å². The van der Waals surface area contributed by atoms with E-state index in [1.54, 1.807) is 22.9 Å². The SMILES string of the molecule is C=CC1CCN(C(=O)CC#N)CC1N(C)C1=C2C(O)=C(O)NC2NC(=O)N1. The summed E-state index contributed by atoms with van der Waals surface area (Å²) in [4.78, 5) is 27.5. The van der Waals surface area contributed by atoms with Gasteiger partial charge >= 0.3 is 6.03 Å². The lowest BCUT2D eigenvalue weighted by Gasteiger charge is -2.44. The van der Waals surface area contributed by atoms with Gasteiger partial charge in [0.1, 0.15) is 18.4 Å². The van der Waals surface area contributed by atoms with Crippen LogP contribution in [0.25, 0.3) is 0 Å². The molecular formula is C17H22N6O4. The molecule has 3 rings (SSSR count). The van der Waals surface area contributed by atoms with E-state index in [4.69, 9.17) is 5.26 Å². The molecule has 0 aromatic carbocycles. The minimum atomic E-state index is -0.752. The number of urea groups is 1. The molecule has 0 aromatic heterocycles. The van der Waals surface area contributed by atoms with Crippen LogP contribution in [0.2, 0.25) is 0 Å². The first-order valence-corrected chi connectivity index (χ1v) is 8.58. The Bertz CT molecular complexity index is 783. The van der Waals surface area contributed by atoms with Crippen LogP contribution in [0.1, 0.15) is 12.8 Å². The van der Waals surface area contributed by atoms with Crippen LogP contribution in [-0.2, 0) is 4.79 Å². The number of likely N-dealkylation sites (N-methyl/N-ethyl adjacent to an activating group) is 1. The fourth-order valence-corrected chi connectivity index (χ4v) is 3.73. The summed E-state index contributed by atoms with van der Waals surface area (Å²) in [5, 5.41) is 36.6. The van der Waals surface area contributed by atoms with Gasteiger partial charge in [-0.15, -0.1) is 6.58 Å². The largest absolute Gasteiger partial charge is 0.503 e. The van der Waals surface area contributed by atoms with Crippen LogP contribution in [0, 0.1) is 17.2 Å². The number of nitrogens with one attached hydrogen (secondary N) is 3. The van der Waals surface area contributed by atoms with Gasteiger partial charge in [0.05, 0.1) is 17.7 Å². The highest BCUT2D eigenvalue weighted by Gasteiger charge is 2.41. The summed E-state index contributed by atoms with van der Waals surface area (Å²) in [6.45, 7) is 4.74. The number of aliphatic hydroxyl groups is 2. The number of nitriles is 1. The monoisotopic (exact) mass is 374 g/mol. The van der Waals surface area contributed by atoms with Gasteiger partial charge in [-0.25, -0.2) is 4.79 Å². The van der Waals surface area contributed by atoms with Crippen molar-refractivity contribution in [2.24, 2.45) is 5.92 Å². The summed E-state index contributed by atoms with van der Waals surface area (Å²) < 4.78 is 0. The molecule has 0 radical (unpaired) electrons. The molecule has 3 heterocycles. The molecule has 0 aromatic rings. The Kier molecular flexibility index (Phi) is 4.85. The van der Waals surface area contributed by atoms with Crippen LogP contribution in [-0.4, -0.2) is 64.3 Å². The first kappa shape index (κ1) is 18.4. The maximum absolute atomic E-state index is 12.1. The second-order valence-corrected chi connectivity index (χ2v) is 6.68. The molecule has 1 fully saturated rings. The van der Waals surface area contributed by atoms with Gasteiger partial charge in [-0.2, -0.15) is 5.26 Å². The average molecular weight is 374 g/mol. The Morgan fingerprint density at radius 1 is 1.48 bits per heavy atom. The van der Waals surface area contributed by atoms with Gasteiger partial charge in [-0.3, -0.25) is 10.1 Å². The second kappa shape index (κ2) is 7.11. The van der Waals surface area contributed by atoms with E-state index in [0.29, 0.717) is 30.9 Å². The van der Waals surface area contributed by atoms with Gasteiger partial charge in [0.25, 0.3) is 0 Å². The molecule has 0 aliphatic carbocycles. The molecule has 3 amide bonds. The first-order chi connectivity index (χ1) is 12.9. The highest BCUT2D eigenvalue weighted by atomic mass is 16.3. The number of hydrogen-bond acceptors (Lipinski definition) is 7. The predicted octanol–water partition coefficient (Wildman–Crippen LogP) is -0.0262. The molecule has 3 unspecified atom stereocenters. The lowest BCUT2D eigenvalue weighted by molar-refractivity contribution is -0.132. The molecule has 27 heavy (non-hydrogen) atoms. The van der Waals surface area contributed by atoms with Crippen LogP contribution >= 0.6 is 0 Å². The summed E-state index contributed by atoms with van der Waals surface area (Å²) in [5.74, 6) is -0.638. The number of amides is 3. The maximum atomic E-state index is 12.1. The van der Waals surface area contributed by atoms with Crippen molar-refractivity contribution in [2.75, 3.05) is 20.1 Å². The summed E-state index contributed by atoms with van der Waals surface area (Å²) >= 11 is 0. The zero-order valence-corrected chi connectivity index (χ0v) is 14.9. The molecule has 5 N–H and O–H groups in total. The summed E-state index contributed by atoms with van der Waals surface area (Å²) in [7, 11) is 1.74. The lowest BCUT2D eigenvalue weighted by Crippen LogP contribution is -2.59. The maximum Gasteiger partial charge on any atom is 0.322 e. The molecule has 0 bridgehead atoms. The highest BCUT2D eigenvalue weighted by molar-refractivity contribution is 5.80. The number of piperidine rings is 1. The number of likely N-dealkylation sites (tertiary alicyclic amines) is 1. The molecule has 3 aliphatic rings. The molecule has 3 atom stereocenters. The Balaban J connectivity index is 1.92. The van der Waals surface area contributed by atoms with Gasteiger partial charge in [0, 0.05) is 26.1 Å². The van der Waals surface area contributed by atoms with Gasteiger partial charge in [-0.05, 0) is 6.42 Å². The van der Waals surface area contributed by atoms with Crippen molar-refractivity contribution in [3.05, 3.63) is 35.7 Å². The van der Waals surface area contributed by atoms with Crippen molar-refractivity contribution in [1.82, 2.24) is 25.8 Å². The molecule has 0 saturated carbocycles. The standard InChI is InChI=1S/C17H22N6O4/c1-3-9-5-7-23(11(24)4-6-18)8-10(9)22(2)15-12-13(25)16(26)19-14(12)20-17(27)21-15/h3,9-10,14,19,25-26H,1,4-5,7-8H2,2H3,(H2,20,21,27). The fraction of sp³-hybridized carbons (Fsp3) is 0.471. The summed E-state index contributed by atoms with van der Waals surface area (Å²) in [6.07, 6.45) is 1.53. The van der Waals surface area contributed by atoms with Crippen molar-refractivity contribution < 1.29 is 19.8 Å². The molecular weight excluding hydrogens is 352 g/mol. The molecule has 1 saturated heterocycles. The van der Waals surface area contributed by atoms with Crippen molar-refractivity contribution in [3.8, 4) is 6.07 Å². The predicted molar refractivity (Wildman–Crippen MR) is 94.6 cm³/mol. The minimum absolute atomic E-state index is 0.0357. The van der Waals surface area contributed by atoms with E-state index in [2.05, 4.69) is 22.5 Å². The zero-order chi connectivity index (χ0) is 19.7. The van der Waals surface area contributed by atoms with Crippen molar-refractivity contribution in [2.45, 2.75) is 25.0 Å². The zero-order valence-electron chi connectivity index (χ0n) is 14.9. The van der Waals surface area contributed by atoms with E-state index in [0.717, 1.165) is 0 Å². The van der Waals surface area contributed by atoms with Crippen LogP contribution in [0.5, 0.6) is 0 Å². The van der Waals surface area contributed by atoms with Gasteiger partial charge in [0.15, 0.2) is 5.76 Å². The van der Waals surface area contributed by atoms with Crippen LogP contribution < -0.4 is 16.0 Å². The van der Waals surface area contributed by atoms with Crippen LogP contribution in [0.15, 0.2) is 35.7 Å². The highest BCUT2D eigenvalue weighted by Crippen LogP contribution is 2.31. The van der Waals surface area contributed by atoms with Crippen molar-refractivity contribution >= 4 is 11.9 Å². The number of fused-ring (bicyclic) bond motifs is 1. The third-order valence-electron chi connectivity index (χ3n) is 5.18. The van der Waals surface area contributed by atoms with Crippen LogP contribution in [0.3, 0.4) is 0 Å². The first-order valence-electron chi connectivity index (χ1n) is 8.58. The Labute approximate surface area is 156 Å². The van der Waals surface area contributed by atoms with Gasteiger partial charge in [0.2, 0.25) is 11.8 Å². The molecule has 3 aliphatic heterocycles. The summed E-state index contributed by atoms with van der Waals surface area (Å²) in [5.41, 5.74) is 0.317. The van der Waals surface area contributed by atoms with E-state index in [1.165, 1.54) is 0 Å². The number of carbonyl (C=O) groups excluding carboxylic acids is 2. The quantitative estimate of drug-likeness (QED) is 0.435. The van der Waals surface area contributed by atoms with Crippen molar-refractivity contribution in [3.63, 3.8) is 0 Å². The van der Waals surface area contributed by atoms with E-state index in [9.17, 15) is 19.8 Å². The molecule has 10 heteroatoms. The lowest BCUT2D eigenvalue weighted by atomic mass is 9.90. The van der Waals surface area contributed by atoms with E-state index in [-0.39, 0.29) is 30.0 Å². The van der Waals surface area contributed by atoms with Gasteiger partial charge < -0.3 is 30.6 Å². The third-order valence-corrected chi connectivity index (χ3v) is 5.18.